The maximum atomic E-state index is 12.6. The Bertz CT molecular complexity index is 1200. The van der Waals surface area contributed by atoms with Gasteiger partial charge in [0.1, 0.15) is 24.2 Å². The molecule has 4 aromatic rings. The van der Waals surface area contributed by atoms with E-state index in [4.69, 9.17) is 0 Å². The lowest BCUT2D eigenvalue weighted by Crippen LogP contribution is -2.13. The fourth-order valence-electron chi connectivity index (χ4n) is 2.75. The lowest BCUT2D eigenvalue weighted by atomic mass is 10.1. The van der Waals surface area contributed by atoms with Crippen LogP contribution in [0.5, 0.6) is 0 Å². The Labute approximate surface area is 163 Å². The molecule has 0 fully saturated rings. The molecule has 144 valence electrons. The Balaban J connectivity index is 1.60. The van der Waals surface area contributed by atoms with Gasteiger partial charge in [0.25, 0.3) is 11.6 Å². The number of H-pyrrole nitrogens is 1. The number of aromatic nitrogens is 6. The van der Waals surface area contributed by atoms with Gasteiger partial charge in [0.15, 0.2) is 5.82 Å². The van der Waals surface area contributed by atoms with Gasteiger partial charge in [-0.1, -0.05) is 12.1 Å². The molecule has 0 saturated heterocycles. The largest absolute Gasteiger partial charge is 0.322 e. The highest BCUT2D eigenvalue weighted by atomic mass is 16.6. The van der Waals surface area contributed by atoms with Gasteiger partial charge in [0.05, 0.1) is 4.92 Å². The zero-order valence-corrected chi connectivity index (χ0v) is 15.1. The van der Waals surface area contributed by atoms with Gasteiger partial charge in [0, 0.05) is 22.9 Å². The summed E-state index contributed by atoms with van der Waals surface area (Å²) in [6.07, 6.45) is 2.62. The Hall–Kier alpha value is -4.41. The Morgan fingerprint density at radius 1 is 1.24 bits per heavy atom. The third-order valence-electron chi connectivity index (χ3n) is 4.08. The summed E-state index contributed by atoms with van der Waals surface area (Å²) in [6, 6.07) is 11.1. The SMILES string of the molecule is Cc1nc(-c2cccc(NC(=O)c3ccc(-n4cncn4)c([N+](=O)[O-])c3)c2)n[nH]1. The molecular weight excluding hydrogens is 376 g/mol. The van der Waals surface area contributed by atoms with Crippen LogP contribution in [0.25, 0.3) is 17.1 Å². The van der Waals surface area contributed by atoms with Gasteiger partial charge in [0.2, 0.25) is 0 Å². The number of nitrogens with one attached hydrogen (secondary N) is 2. The van der Waals surface area contributed by atoms with Crippen LogP contribution in [0.2, 0.25) is 0 Å². The van der Waals surface area contributed by atoms with Crippen LogP contribution >= 0.6 is 0 Å². The zero-order chi connectivity index (χ0) is 20.4. The predicted octanol–water partition coefficient (Wildman–Crippen LogP) is 2.52. The molecule has 4 rings (SSSR count). The first-order valence-electron chi connectivity index (χ1n) is 8.45. The molecule has 29 heavy (non-hydrogen) atoms. The number of nitro groups is 1. The summed E-state index contributed by atoms with van der Waals surface area (Å²) < 4.78 is 1.27. The molecule has 2 aromatic heterocycles. The van der Waals surface area contributed by atoms with E-state index in [1.807, 2.05) is 6.07 Å². The topological polar surface area (TPSA) is 145 Å². The molecule has 2 aromatic carbocycles. The molecule has 1 amide bonds. The predicted molar refractivity (Wildman–Crippen MR) is 103 cm³/mol. The van der Waals surface area contributed by atoms with Crippen molar-refractivity contribution in [3.05, 3.63) is 76.6 Å². The number of anilines is 1. The summed E-state index contributed by atoms with van der Waals surface area (Å²) in [5.74, 6) is 0.696. The molecule has 0 aliphatic rings. The average molecular weight is 390 g/mol. The first-order chi connectivity index (χ1) is 14.0. The number of nitro benzene ring substituents is 1. The van der Waals surface area contributed by atoms with E-state index >= 15 is 0 Å². The number of nitrogens with zero attached hydrogens (tertiary/aromatic N) is 6. The van der Waals surface area contributed by atoms with Crippen molar-refractivity contribution in [2.24, 2.45) is 0 Å². The smallest absolute Gasteiger partial charge is 0.295 e. The molecule has 11 heteroatoms. The van der Waals surface area contributed by atoms with Crippen molar-refractivity contribution >= 4 is 17.3 Å². The van der Waals surface area contributed by atoms with Crippen LogP contribution in [-0.2, 0) is 0 Å². The second-order valence-corrected chi connectivity index (χ2v) is 6.08. The van der Waals surface area contributed by atoms with Gasteiger partial charge in [-0.05, 0) is 31.2 Å². The van der Waals surface area contributed by atoms with Crippen molar-refractivity contribution in [3.63, 3.8) is 0 Å². The molecule has 0 unspecified atom stereocenters. The summed E-state index contributed by atoms with van der Waals surface area (Å²) in [4.78, 5) is 31.6. The number of aromatic amines is 1. The minimum Gasteiger partial charge on any atom is -0.322 e. The van der Waals surface area contributed by atoms with Crippen LogP contribution in [0.1, 0.15) is 16.2 Å². The van der Waals surface area contributed by atoms with Crippen molar-refractivity contribution < 1.29 is 9.72 Å². The highest BCUT2D eigenvalue weighted by Crippen LogP contribution is 2.25. The molecule has 2 heterocycles. The van der Waals surface area contributed by atoms with Crippen LogP contribution in [-0.4, -0.2) is 40.8 Å². The second-order valence-electron chi connectivity index (χ2n) is 6.08. The van der Waals surface area contributed by atoms with Gasteiger partial charge in [-0.15, -0.1) is 0 Å². The third kappa shape index (κ3) is 3.69. The van der Waals surface area contributed by atoms with Gasteiger partial charge >= 0.3 is 0 Å². The van der Waals surface area contributed by atoms with E-state index in [0.29, 0.717) is 17.3 Å². The van der Waals surface area contributed by atoms with Crippen molar-refractivity contribution in [2.75, 3.05) is 5.32 Å². The molecule has 0 spiro atoms. The molecular formula is C18H14N8O3. The van der Waals surface area contributed by atoms with Gasteiger partial charge in [-0.3, -0.25) is 20.0 Å². The number of hydrogen-bond acceptors (Lipinski definition) is 7. The minimum absolute atomic E-state index is 0.139. The van der Waals surface area contributed by atoms with Gasteiger partial charge in [-0.25, -0.2) is 14.6 Å². The van der Waals surface area contributed by atoms with Crippen LogP contribution < -0.4 is 5.32 Å². The molecule has 2 N–H and O–H groups in total. The van der Waals surface area contributed by atoms with E-state index in [1.165, 1.54) is 35.5 Å². The lowest BCUT2D eigenvalue weighted by Gasteiger charge is -2.08. The minimum atomic E-state index is -0.569. The summed E-state index contributed by atoms with van der Waals surface area (Å²) >= 11 is 0. The molecule has 0 saturated carbocycles. The molecule has 0 radical (unpaired) electrons. The monoisotopic (exact) mass is 390 g/mol. The highest BCUT2D eigenvalue weighted by Gasteiger charge is 2.19. The third-order valence-corrected chi connectivity index (χ3v) is 4.08. The normalized spacial score (nSPS) is 10.7. The van der Waals surface area contributed by atoms with Gasteiger partial charge in [-0.2, -0.15) is 10.2 Å². The van der Waals surface area contributed by atoms with E-state index in [2.05, 4.69) is 30.6 Å². The zero-order valence-electron chi connectivity index (χ0n) is 15.1. The number of benzene rings is 2. The number of amides is 1. The second kappa shape index (κ2) is 7.31. The Kier molecular flexibility index (Phi) is 4.53. The van der Waals surface area contributed by atoms with Crippen LogP contribution in [0, 0.1) is 17.0 Å². The maximum absolute atomic E-state index is 12.6. The summed E-state index contributed by atoms with van der Waals surface area (Å²) in [5, 5.41) is 24.9. The Morgan fingerprint density at radius 3 is 2.79 bits per heavy atom. The Morgan fingerprint density at radius 2 is 2.10 bits per heavy atom. The lowest BCUT2D eigenvalue weighted by molar-refractivity contribution is -0.384. The van der Waals surface area contributed by atoms with E-state index in [1.54, 1.807) is 25.1 Å². The van der Waals surface area contributed by atoms with E-state index in [0.717, 1.165) is 5.56 Å². The molecule has 0 aliphatic heterocycles. The van der Waals surface area contributed by atoms with E-state index < -0.39 is 10.8 Å². The fourth-order valence-corrected chi connectivity index (χ4v) is 2.75. The number of aryl methyl sites for hydroxylation is 1. The number of rotatable bonds is 5. The van der Waals surface area contributed by atoms with E-state index in [9.17, 15) is 14.9 Å². The van der Waals surface area contributed by atoms with Crippen LogP contribution in [0.3, 0.4) is 0 Å². The first-order valence-corrected chi connectivity index (χ1v) is 8.45. The van der Waals surface area contributed by atoms with Crippen LogP contribution in [0.15, 0.2) is 55.1 Å². The summed E-state index contributed by atoms with van der Waals surface area (Å²) in [7, 11) is 0. The number of carbonyl (C=O) groups is 1. The average Bonchev–Trinajstić information content (AvgIpc) is 3.39. The standard InChI is InChI=1S/C18H14N8O3/c1-11-21-17(24-23-11)12-3-2-4-14(7-12)22-18(27)13-5-6-15(16(8-13)26(28)29)25-10-19-9-20-25/h2-10H,1H3,(H,22,27)(H,21,23,24). The number of hydrogen-bond donors (Lipinski definition) is 2. The quantitative estimate of drug-likeness (QED) is 0.393. The van der Waals surface area contributed by atoms with Gasteiger partial charge < -0.3 is 5.32 Å². The highest BCUT2D eigenvalue weighted by molar-refractivity contribution is 6.05. The number of carbonyl (C=O) groups excluding carboxylic acids is 1. The maximum Gasteiger partial charge on any atom is 0.295 e. The molecule has 11 nitrogen and oxygen atoms in total. The fraction of sp³-hybridized carbons (Fsp3) is 0.0556. The summed E-state index contributed by atoms with van der Waals surface area (Å²) in [6.45, 7) is 1.79. The van der Waals surface area contributed by atoms with Crippen molar-refractivity contribution in [2.45, 2.75) is 6.92 Å². The van der Waals surface area contributed by atoms with Crippen molar-refractivity contribution in [1.29, 1.82) is 0 Å². The molecule has 0 bridgehead atoms. The van der Waals surface area contributed by atoms with Crippen LogP contribution in [0.4, 0.5) is 11.4 Å². The van der Waals surface area contributed by atoms with Crippen molar-refractivity contribution in [3.8, 4) is 17.1 Å². The van der Waals surface area contributed by atoms with Crippen molar-refractivity contribution in [1.82, 2.24) is 29.9 Å². The molecule has 0 aliphatic carbocycles. The first kappa shape index (κ1) is 18.0. The molecule has 0 atom stereocenters. The van der Waals surface area contributed by atoms with E-state index in [-0.39, 0.29) is 16.9 Å². The summed E-state index contributed by atoms with van der Waals surface area (Å²) in [5.41, 5.74) is 1.33.